The normalized spacial score (nSPS) is 17.1. The molecule has 1 aromatic carbocycles. The molecular weight excluding hydrogens is 154 g/mol. The molecule has 0 bridgehead atoms. The van der Waals surface area contributed by atoms with Crippen LogP contribution in [0.5, 0.6) is 0 Å². The van der Waals surface area contributed by atoms with Crippen molar-refractivity contribution < 1.29 is 9.47 Å². The number of ether oxygens (including phenoxy) is 2. The van der Waals surface area contributed by atoms with Crippen LogP contribution in [0.15, 0.2) is 24.3 Å². The largest absolute Gasteiger partial charge is 0.388 e. The Bertz CT molecular complexity index is 271. The molecule has 0 unspecified atom stereocenters. The minimum Gasteiger partial charge on any atom is -0.388 e. The molecule has 1 aliphatic rings. The Morgan fingerprint density at radius 1 is 1.33 bits per heavy atom. The summed E-state index contributed by atoms with van der Waals surface area (Å²) in [5.74, 6) is 0. The maximum absolute atomic E-state index is 5.20. The van der Waals surface area contributed by atoms with Crippen LogP contribution in [-0.4, -0.2) is 13.8 Å². The van der Waals surface area contributed by atoms with Crippen LogP contribution in [0.3, 0.4) is 0 Å². The zero-order valence-corrected chi connectivity index (χ0v) is 6.91. The van der Waals surface area contributed by atoms with Gasteiger partial charge in [-0.1, -0.05) is 18.2 Å². The minimum absolute atomic E-state index is 0.173. The molecule has 0 radical (unpaired) electrons. The van der Waals surface area contributed by atoms with Crippen molar-refractivity contribution in [3.8, 4) is 0 Å². The highest BCUT2D eigenvalue weighted by Crippen LogP contribution is 2.31. The van der Waals surface area contributed by atoms with Crippen molar-refractivity contribution in [2.75, 3.05) is 19.2 Å². The van der Waals surface area contributed by atoms with Gasteiger partial charge in [-0.15, -0.1) is 0 Å². The van der Waals surface area contributed by atoms with E-state index in [0.717, 1.165) is 11.3 Å². The number of para-hydroxylation sites is 1. The van der Waals surface area contributed by atoms with Gasteiger partial charge in [0.2, 0.25) is 0 Å². The van der Waals surface area contributed by atoms with Crippen LogP contribution in [0.1, 0.15) is 11.9 Å². The van der Waals surface area contributed by atoms with Crippen LogP contribution in [0, 0.1) is 0 Å². The summed E-state index contributed by atoms with van der Waals surface area (Å²) in [7, 11) is 1.89. The lowest BCUT2D eigenvalue weighted by Gasteiger charge is -2.28. The second-order valence-corrected chi connectivity index (χ2v) is 2.62. The molecule has 0 aliphatic carbocycles. The fraction of sp³-hybridized carbons (Fsp3) is 0.333. The third-order valence-corrected chi connectivity index (χ3v) is 1.92. The zero-order valence-electron chi connectivity index (χ0n) is 6.91. The van der Waals surface area contributed by atoms with E-state index < -0.39 is 0 Å². The Labute approximate surface area is 71.3 Å². The van der Waals surface area contributed by atoms with Gasteiger partial charge in [0.1, 0.15) is 0 Å². The summed E-state index contributed by atoms with van der Waals surface area (Å²) in [6, 6.07) is 7.95. The third-order valence-electron chi connectivity index (χ3n) is 1.92. The fourth-order valence-electron chi connectivity index (χ4n) is 1.25. The SMILES string of the molecule is CNc1ccccc1C1OCO1. The van der Waals surface area contributed by atoms with Crippen LogP contribution in [-0.2, 0) is 9.47 Å². The number of hydrogen-bond donors (Lipinski definition) is 1. The summed E-state index contributed by atoms with van der Waals surface area (Å²) in [6.45, 7) is 0.405. The first-order valence-corrected chi connectivity index (χ1v) is 3.91. The highest BCUT2D eigenvalue weighted by Gasteiger charge is 2.22. The second kappa shape index (κ2) is 3.13. The van der Waals surface area contributed by atoms with E-state index in [4.69, 9.17) is 9.47 Å². The summed E-state index contributed by atoms with van der Waals surface area (Å²) in [6.07, 6.45) is -0.173. The Hall–Kier alpha value is -1.06. The van der Waals surface area contributed by atoms with E-state index in [9.17, 15) is 0 Å². The number of anilines is 1. The smallest absolute Gasteiger partial charge is 0.191 e. The molecule has 1 N–H and O–H groups in total. The number of rotatable bonds is 2. The average molecular weight is 165 g/mol. The lowest BCUT2D eigenvalue weighted by Crippen LogP contribution is -2.22. The molecule has 0 amide bonds. The van der Waals surface area contributed by atoms with Gasteiger partial charge in [-0.3, -0.25) is 0 Å². The van der Waals surface area contributed by atoms with Crippen molar-refractivity contribution in [3.05, 3.63) is 29.8 Å². The first kappa shape index (κ1) is 7.58. The summed E-state index contributed by atoms with van der Waals surface area (Å²) in [5.41, 5.74) is 2.12. The molecule has 0 aromatic heterocycles. The maximum atomic E-state index is 5.20. The van der Waals surface area contributed by atoms with Gasteiger partial charge >= 0.3 is 0 Å². The predicted octanol–water partition coefficient (Wildman–Crippen LogP) is 1.73. The van der Waals surface area contributed by atoms with Gasteiger partial charge < -0.3 is 14.8 Å². The molecular formula is C9H11NO2. The Morgan fingerprint density at radius 2 is 2.08 bits per heavy atom. The molecule has 1 fully saturated rings. The van der Waals surface area contributed by atoms with Gasteiger partial charge in [0, 0.05) is 18.3 Å². The highest BCUT2D eigenvalue weighted by molar-refractivity contribution is 5.51. The quantitative estimate of drug-likeness (QED) is 0.724. The van der Waals surface area contributed by atoms with E-state index in [-0.39, 0.29) is 6.29 Å². The van der Waals surface area contributed by atoms with Crippen LogP contribution in [0.2, 0.25) is 0 Å². The minimum atomic E-state index is -0.173. The second-order valence-electron chi connectivity index (χ2n) is 2.62. The van der Waals surface area contributed by atoms with Gasteiger partial charge in [0.25, 0.3) is 0 Å². The molecule has 3 heteroatoms. The summed E-state index contributed by atoms with van der Waals surface area (Å²) in [4.78, 5) is 0. The summed E-state index contributed by atoms with van der Waals surface area (Å²) < 4.78 is 10.4. The summed E-state index contributed by atoms with van der Waals surface area (Å²) >= 11 is 0. The van der Waals surface area contributed by atoms with Gasteiger partial charge in [0.05, 0.1) is 0 Å². The third kappa shape index (κ3) is 1.17. The van der Waals surface area contributed by atoms with Crippen LogP contribution in [0.4, 0.5) is 5.69 Å². The zero-order chi connectivity index (χ0) is 8.39. The molecule has 1 saturated heterocycles. The van der Waals surface area contributed by atoms with Gasteiger partial charge in [0.15, 0.2) is 13.1 Å². The lowest BCUT2D eigenvalue weighted by atomic mass is 10.1. The van der Waals surface area contributed by atoms with E-state index in [1.54, 1.807) is 0 Å². The summed E-state index contributed by atoms with van der Waals surface area (Å²) in [5, 5.41) is 3.08. The van der Waals surface area contributed by atoms with Crippen molar-refractivity contribution in [3.63, 3.8) is 0 Å². The fourth-order valence-corrected chi connectivity index (χ4v) is 1.25. The van der Waals surface area contributed by atoms with Crippen molar-refractivity contribution in [2.45, 2.75) is 6.29 Å². The van der Waals surface area contributed by atoms with E-state index in [0.29, 0.717) is 6.79 Å². The topological polar surface area (TPSA) is 30.5 Å². The van der Waals surface area contributed by atoms with Crippen molar-refractivity contribution in [2.24, 2.45) is 0 Å². The van der Waals surface area contributed by atoms with E-state index in [1.165, 1.54) is 0 Å². The number of nitrogens with one attached hydrogen (secondary N) is 1. The maximum Gasteiger partial charge on any atom is 0.191 e. The van der Waals surface area contributed by atoms with Crippen LogP contribution >= 0.6 is 0 Å². The molecule has 1 aliphatic heterocycles. The van der Waals surface area contributed by atoms with Gasteiger partial charge in [-0.05, 0) is 6.07 Å². The van der Waals surface area contributed by atoms with Gasteiger partial charge in [-0.2, -0.15) is 0 Å². The lowest BCUT2D eigenvalue weighted by molar-refractivity contribution is -0.326. The molecule has 0 spiro atoms. The first-order chi connectivity index (χ1) is 5.92. The first-order valence-electron chi connectivity index (χ1n) is 3.91. The molecule has 12 heavy (non-hydrogen) atoms. The Morgan fingerprint density at radius 3 is 2.67 bits per heavy atom. The molecule has 0 saturated carbocycles. The van der Waals surface area contributed by atoms with E-state index in [1.807, 2.05) is 31.3 Å². The van der Waals surface area contributed by atoms with Gasteiger partial charge in [-0.25, -0.2) is 0 Å². The number of hydrogen-bond acceptors (Lipinski definition) is 3. The Kier molecular flexibility index (Phi) is 1.98. The number of benzene rings is 1. The van der Waals surface area contributed by atoms with E-state index in [2.05, 4.69) is 5.32 Å². The molecule has 64 valence electrons. The highest BCUT2D eigenvalue weighted by atomic mass is 16.8. The molecule has 1 heterocycles. The molecule has 1 aromatic rings. The molecule has 0 atom stereocenters. The van der Waals surface area contributed by atoms with Crippen LogP contribution in [0.25, 0.3) is 0 Å². The monoisotopic (exact) mass is 165 g/mol. The van der Waals surface area contributed by atoms with Crippen molar-refractivity contribution in [1.29, 1.82) is 0 Å². The Balaban J connectivity index is 2.27. The standard InChI is InChI=1S/C9H11NO2/c1-10-8-5-3-2-4-7(8)9-11-6-12-9/h2-5,9-10H,6H2,1H3. The predicted molar refractivity (Wildman–Crippen MR) is 45.8 cm³/mol. The van der Waals surface area contributed by atoms with E-state index >= 15 is 0 Å². The van der Waals surface area contributed by atoms with Crippen molar-refractivity contribution in [1.82, 2.24) is 0 Å². The molecule has 2 rings (SSSR count). The van der Waals surface area contributed by atoms with Crippen LogP contribution < -0.4 is 5.32 Å². The average Bonchev–Trinajstić information content (AvgIpc) is 2.02. The molecule has 3 nitrogen and oxygen atoms in total. The van der Waals surface area contributed by atoms with Crippen molar-refractivity contribution >= 4 is 5.69 Å².